The van der Waals surface area contributed by atoms with Crippen LogP contribution in [0.1, 0.15) is 45.6 Å². The van der Waals surface area contributed by atoms with Gasteiger partial charge < -0.3 is 5.73 Å². The molecule has 0 bridgehead atoms. The number of hydrogen-bond donors (Lipinski definition) is 2. The zero-order chi connectivity index (χ0) is 15.2. The van der Waals surface area contributed by atoms with E-state index in [0.29, 0.717) is 17.4 Å². The summed E-state index contributed by atoms with van der Waals surface area (Å²) in [6.45, 7) is 6.67. The van der Waals surface area contributed by atoms with E-state index in [9.17, 15) is 8.42 Å². The summed E-state index contributed by atoms with van der Waals surface area (Å²) >= 11 is 0. The van der Waals surface area contributed by atoms with E-state index in [-0.39, 0.29) is 6.04 Å². The molecule has 0 aromatic heterocycles. The van der Waals surface area contributed by atoms with E-state index in [2.05, 4.69) is 18.6 Å². The second kappa shape index (κ2) is 7.76. The summed E-state index contributed by atoms with van der Waals surface area (Å²) in [6, 6.07) is 6.65. The molecule has 0 amide bonds. The average molecular weight is 298 g/mol. The van der Waals surface area contributed by atoms with Gasteiger partial charge in [0.25, 0.3) is 0 Å². The second-order valence-corrected chi connectivity index (χ2v) is 7.41. The molecule has 1 atom stereocenters. The Kier molecular flexibility index (Phi) is 6.65. The minimum absolute atomic E-state index is 0.0482. The molecule has 0 saturated heterocycles. The maximum Gasteiger partial charge on any atom is 0.240 e. The van der Waals surface area contributed by atoms with Crippen LogP contribution in [0.3, 0.4) is 0 Å². The van der Waals surface area contributed by atoms with Crippen molar-refractivity contribution in [3.63, 3.8) is 0 Å². The zero-order valence-corrected chi connectivity index (χ0v) is 13.4. The van der Waals surface area contributed by atoms with Gasteiger partial charge in [-0.1, -0.05) is 38.8 Å². The molecule has 1 rings (SSSR count). The fourth-order valence-corrected chi connectivity index (χ4v) is 3.31. The van der Waals surface area contributed by atoms with E-state index in [0.717, 1.165) is 24.8 Å². The van der Waals surface area contributed by atoms with Gasteiger partial charge in [0, 0.05) is 12.6 Å². The standard InChI is InChI=1S/C15H26N2O2S/c1-12(2)5-4-6-13(3)17-20(18,19)15-9-7-14(11-16)8-10-15/h7-10,12-13,17H,4-6,11,16H2,1-3H3. The smallest absolute Gasteiger partial charge is 0.240 e. The van der Waals surface area contributed by atoms with Crippen LogP contribution in [0.25, 0.3) is 0 Å². The van der Waals surface area contributed by atoms with Gasteiger partial charge in [-0.05, 0) is 37.0 Å². The molecule has 1 aromatic rings. The third-order valence-corrected chi connectivity index (χ3v) is 4.85. The maximum atomic E-state index is 12.2. The van der Waals surface area contributed by atoms with Crippen LogP contribution in [0.4, 0.5) is 0 Å². The highest BCUT2D eigenvalue weighted by Gasteiger charge is 2.16. The predicted molar refractivity (Wildman–Crippen MR) is 82.8 cm³/mol. The molecule has 0 aliphatic heterocycles. The van der Waals surface area contributed by atoms with E-state index in [1.807, 2.05) is 6.92 Å². The third kappa shape index (κ3) is 5.61. The van der Waals surface area contributed by atoms with Crippen molar-refractivity contribution in [3.05, 3.63) is 29.8 Å². The number of nitrogens with two attached hydrogens (primary N) is 1. The molecule has 20 heavy (non-hydrogen) atoms. The van der Waals surface area contributed by atoms with E-state index < -0.39 is 10.0 Å². The van der Waals surface area contributed by atoms with Crippen molar-refractivity contribution in [1.82, 2.24) is 4.72 Å². The zero-order valence-electron chi connectivity index (χ0n) is 12.6. The largest absolute Gasteiger partial charge is 0.326 e. The second-order valence-electron chi connectivity index (χ2n) is 5.70. The lowest BCUT2D eigenvalue weighted by molar-refractivity contribution is 0.488. The molecule has 3 N–H and O–H groups in total. The predicted octanol–water partition coefficient (Wildman–Crippen LogP) is 2.64. The number of rotatable bonds is 8. The third-order valence-electron chi connectivity index (χ3n) is 3.24. The number of nitrogens with one attached hydrogen (secondary N) is 1. The Hall–Kier alpha value is -0.910. The van der Waals surface area contributed by atoms with E-state index in [4.69, 9.17) is 5.73 Å². The molecule has 0 saturated carbocycles. The molecule has 0 aliphatic rings. The van der Waals surface area contributed by atoms with Crippen LogP contribution in [0, 0.1) is 5.92 Å². The lowest BCUT2D eigenvalue weighted by Crippen LogP contribution is -2.32. The average Bonchev–Trinajstić information content (AvgIpc) is 2.37. The Morgan fingerprint density at radius 1 is 1.10 bits per heavy atom. The van der Waals surface area contributed by atoms with Crippen LogP contribution < -0.4 is 10.5 Å². The summed E-state index contributed by atoms with van der Waals surface area (Å²) in [4.78, 5) is 0.297. The summed E-state index contributed by atoms with van der Waals surface area (Å²) in [7, 11) is -3.43. The van der Waals surface area contributed by atoms with Crippen LogP contribution >= 0.6 is 0 Å². The van der Waals surface area contributed by atoms with Crippen molar-refractivity contribution in [2.75, 3.05) is 0 Å². The summed E-state index contributed by atoms with van der Waals surface area (Å²) in [5.74, 6) is 0.655. The normalized spacial score (nSPS) is 13.7. The van der Waals surface area contributed by atoms with Gasteiger partial charge in [0.2, 0.25) is 10.0 Å². The summed E-state index contributed by atoms with van der Waals surface area (Å²) < 4.78 is 27.1. The molecule has 0 aliphatic carbocycles. The maximum absolute atomic E-state index is 12.2. The minimum atomic E-state index is -3.43. The van der Waals surface area contributed by atoms with Crippen molar-refractivity contribution in [1.29, 1.82) is 0 Å². The Balaban J connectivity index is 2.59. The molecule has 1 aromatic carbocycles. The first-order chi connectivity index (χ1) is 9.35. The highest BCUT2D eigenvalue weighted by molar-refractivity contribution is 7.89. The first-order valence-corrected chi connectivity index (χ1v) is 8.65. The van der Waals surface area contributed by atoms with Crippen molar-refractivity contribution in [2.24, 2.45) is 11.7 Å². The van der Waals surface area contributed by atoms with Gasteiger partial charge in [0.1, 0.15) is 0 Å². The first kappa shape index (κ1) is 17.1. The molecule has 114 valence electrons. The van der Waals surface area contributed by atoms with E-state index in [1.165, 1.54) is 0 Å². The number of benzene rings is 1. The van der Waals surface area contributed by atoms with E-state index >= 15 is 0 Å². The van der Waals surface area contributed by atoms with Gasteiger partial charge in [-0.25, -0.2) is 13.1 Å². The Morgan fingerprint density at radius 2 is 1.70 bits per heavy atom. The molecule has 0 spiro atoms. The topological polar surface area (TPSA) is 72.2 Å². The van der Waals surface area contributed by atoms with Crippen LogP contribution in [0.15, 0.2) is 29.2 Å². The van der Waals surface area contributed by atoms with E-state index in [1.54, 1.807) is 24.3 Å². The van der Waals surface area contributed by atoms with Gasteiger partial charge in [-0.3, -0.25) is 0 Å². The van der Waals surface area contributed by atoms with Crippen molar-refractivity contribution in [3.8, 4) is 0 Å². The quantitative estimate of drug-likeness (QED) is 0.775. The van der Waals surface area contributed by atoms with Crippen molar-refractivity contribution in [2.45, 2.75) is 57.5 Å². The highest BCUT2D eigenvalue weighted by Crippen LogP contribution is 2.13. The molecule has 4 nitrogen and oxygen atoms in total. The number of hydrogen-bond acceptors (Lipinski definition) is 3. The van der Waals surface area contributed by atoms with Gasteiger partial charge >= 0.3 is 0 Å². The monoisotopic (exact) mass is 298 g/mol. The van der Waals surface area contributed by atoms with Gasteiger partial charge in [0.05, 0.1) is 4.90 Å². The molecule has 1 unspecified atom stereocenters. The van der Waals surface area contributed by atoms with Gasteiger partial charge in [0.15, 0.2) is 0 Å². The molecule has 0 heterocycles. The van der Waals surface area contributed by atoms with Crippen LogP contribution in [0.2, 0.25) is 0 Å². The number of sulfonamides is 1. The fraction of sp³-hybridized carbons (Fsp3) is 0.600. The van der Waals surface area contributed by atoms with Crippen molar-refractivity contribution >= 4 is 10.0 Å². The summed E-state index contributed by atoms with van der Waals surface area (Å²) in [6.07, 6.45) is 3.02. The van der Waals surface area contributed by atoms with Crippen molar-refractivity contribution < 1.29 is 8.42 Å². The molecular weight excluding hydrogens is 272 g/mol. The SMILES string of the molecule is CC(C)CCCC(C)NS(=O)(=O)c1ccc(CN)cc1. The lowest BCUT2D eigenvalue weighted by atomic mass is 10.0. The first-order valence-electron chi connectivity index (χ1n) is 7.16. The molecule has 0 radical (unpaired) electrons. The fourth-order valence-electron chi connectivity index (χ4n) is 2.03. The van der Waals surface area contributed by atoms with Gasteiger partial charge in [-0.2, -0.15) is 0 Å². The Bertz CT molecular complexity index is 495. The van der Waals surface area contributed by atoms with Crippen LogP contribution in [-0.4, -0.2) is 14.5 Å². The molecular formula is C15H26N2O2S. The highest BCUT2D eigenvalue weighted by atomic mass is 32.2. The summed E-state index contributed by atoms with van der Waals surface area (Å²) in [5.41, 5.74) is 6.43. The summed E-state index contributed by atoms with van der Waals surface area (Å²) in [5, 5.41) is 0. The van der Waals surface area contributed by atoms with Gasteiger partial charge in [-0.15, -0.1) is 0 Å². The van der Waals surface area contributed by atoms with Crippen LogP contribution in [-0.2, 0) is 16.6 Å². The minimum Gasteiger partial charge on any atom is -0.326 e. The Labute approximate surface area is 122 Å². The Morgan fingerprint density at radius 3 is 2.20 bits per heavy atom. The lowest BCUT2D eigenvalue weighted by Gasteiger charge is -2.15. The molecule has 5 heteroatoms. The van der Waals surface area contributed by atoms with Crippen LogP contribution in [0.5, 0.6) is 0 Å². The molecule has 0 fully saturated rings.